The molecule has 0 radical (unpaired) electrons. The van der Waals surface area contributed by atoms with Gasteiger partial charge in [-0.2, -0.15) is 0 Å². The van der Waals surface area contributed by atoms with Crippen molar-refractivity contribution in [2.24, 2.45) is 23.7 Å². The van der Waals surface area contributed by atoms with Crippen molar-refractivity contribution >= 4 is 39.5 Å². The Bertz CT molecular complexity index is 1970. The minimum atomic E-state index is -4.96. The highest BCUT2D eigenvalue weighted by Gasteiger charge is 2.30. The zero-order valence-electron chi connectivity index (χ0n) is 66.5. The van der Waals surface area contributed by atoms with Crippen molar-refractivity contribution in [2.75, 3.05) is 39.6 Å². The van der Waals surface area contributed by atoms with Crippen LogP contribution in [0.5, 0.6) is 0 Å². The van der Waals surface area contributed by atoms with Crippen LogP contribution in [0, 0.1) is 23.7 Å². The molecule has 0 aromatic carbocycles. The molecule has 0 fully saturated rings. The Kier molecular flexibility index (Phi) is 69.6. The number of phosphoric ester groups is 2. The van der Waals surface area contributed by atoms with Gasteiger partial charge in [0.05, 0.1) is 26.4 Å². The second kappa shape index (κ2) is 71.0. The molecule has 0 aliphatic carbocycles. The number of hydrogen-bond acceptors (Lipinski definition) is 15. The van der Waals surface area contributed by atoms with E-state index in [4.69, 9.17) is 37.0 Å². The van der Waals surface area contributed by atoms with Crippen LogP contribution in [0.15, 0.2) is 0 Å². The predicted octanol–water partition coefficient (Wildman–Crippen LogP) is 24.4. The van der Waals surface area contributed by atoms with Gasteiger partial charge in [-0.3, -0.25) is 37.3 Å². The maximum atomic E-state index is 13.1. The molecule has 0 heterocycles. The van der Waals surface area contributed by atoms with Gasteiger partial charge in [0, 0.05) is 25.7 Å². The van der Waals surface area contributed by atoms with Gasteiger partial charge in [0.2, 0.25) is 0 Å². The summed E-state index contributed by atoms with van der Waals surface area (Å²) in [6.45, 7) is 14.2. The monoisotopic (exact) mass is 1480 g/mol. The number of aliphatic hydroxyl groups is 1. The van der Waals surface area contributed by atoms with Crippen LogP contribution in [0.4, 0.5) is 0 Å². The standard InChI is InChI=1S/C82H160O17P2/c1-9-75(8)61-53-45-36-30-24-18-14-12-10-11-13-15-19-26-32-38-48-56-64-81(86)98-77(68-92-79(84)62-54-46-37-31-25-20-16-17-22-28-34-42-50-58-72(2)3)70-96-100(88,89)94-66-76(83)67-95-101(90,91)97-71-78(69-93-80(85)63-55-47-41-40-44-52-60-74(6)7)99-82(87)65-57-49-39-33-27-21-23-29-35-43-51-59-73(4)5/h72-78,83H,9-71H2,1-8H3,(H,88,89)(H,90,91)/t75?,76-,77-,78-/m1/s1. The van der Waals surface area contributed by atoms with Crippen LogP contribution in [-0.2, 0) is 65.4 Å². The van der Waals surface area contributed by atoms with Crippen molar-refractivity contribution in [3.63, 3.8) is 0 Å². The van der Waals surface area contributed by atoms with Gasteiger partial charge >= 0.3 is 39.5 Å². The molecule has 19 heteroatoms. The zero-order chi connectivity index (χ0) is 74.6. The van der Waals surface area contributed by atoms with Crippen LogP contribution in [0.3, 0.4) is 0 Å². The lowest BCUT2D eigenvalue weighted by Crippen LogP contribution is -2.30. The second-order valence-electron chi connectivity index (χ2n) is 31.2. The van der Waals surface area contributed by atoms with E-state index in [1.807, 2.05) is 0 Å². The summed E-state index contributed by atoms with van der Waals surface area (Å²) < 4.78 is 68.7. The normalized spacial score (nSPS) is 14.3. The largest absolute Gasteiger partial charge is 0.472 e. The highest BCUT2D eigenvalue weighted by Crippen LogP contribution is 2.45. The Morgan fingerprint density at radius 3 is 0.703 bits per heavy atom. The van der Waals surface area contributed by atoms with Crippen molar-refractivity contribution in [3.8, 4) is 0 Å². The lowest BCUT2D eigenvalue weighted by molar-refractivity contribution is -0.161. The number of carbonyl (C=O) groups excluding carboxylic acids is 4. The smallest absolute Gasteiger partial charge is 0.462 e. The molecule has 0 bridgehead atoms. The molecule has 600 valence electrons. The van der Waals surface area contributed by atoms with Gasteiger partial charge in [0.25, 0.3) is 0 Å². The summed E-state index contributed by atoms with van der Waals surface area (Å²) in [5, 5.41) is 10.6. The van der Waals surface area contributed by atoms with Gasteiger partial charge < -0.3 is 33.8 Å². The summed E-state index contributed by atoms with van der Waals surface area (Å²) in [7, 11) is -9.92. The van der Waals surface area contributed by atoms with Gasteiger partial charge in [0.15, 0.2) is 12.2 Å². The van der Waals surface area contributed by atoms with E-state index >= 15 is 0 Å². The molecule has 0 amide bonds. The Hall–Kier alpha value is -1.94. The SMILES string of the molecule is CCC(C)CCCCCCCCCCCCCCCCCCCCC(=O)O[C@H](COC(=O)CCCCCCCCCCCCCCCC(C)C)COP(=O)(O)OC[C@@H](O)COP(=O)(O)OC[C@@H](COC(=O)CCCCCCCCC(C)C)OC(=O)CCCCCCCCCCCCCC(C)C. The Labute approximate surface area is 619 Å². The van der Waals surface area contributed by atoms with E-state index in [1.54, 1.807) is 0 Å². The van der Waals surface area contributed by atoms with Crippen molar-refractivity contribution in [2.45, 2.75) is 440 Å². The molecule has 0 rings (SSSR count). The number of hydrogen-bond donors (Lipinski definition) is 3. The molecule has 3 unspecified atom stereocenters. The molecule has 0 saturated carbocycles. The summed E-state index contributed by atoms with van der Waals surface area (Å²) in [6, 6.07) is 0. The molecule has 101 heavy (non-hydrogen) atoms. The summed E-state index contributed by atoms with van der Waals surface area (Å²) >= 11 is 0. The maximum absolute atomic E-state index is 13.1. The summed E-state index contributed by atoms with van der Waals surface area (Å²) in [4.78, 5) is 73.0. The first-order valence-corrected chi connectivity index (χ1v) is 45.2. The molecule has 6 atom stereocenters. The average Bonchev–Trinajstić information content (AvgIpc) is 0.916. The molecule has 0 saturated heterocycles. The van der Waals surface area contributed by atoms with Gasteiger partial charge in [0.1, 0.15) is 19.3 Å². The maximum Gasteiger partial charge on any atom is 0.472 e. The number of carbonyl (C=O) groups is 4. The first kappa shape index (κ1) is 99.1. The second-order valence-corrected chi connectivity index (χ2v) is 34.1. The van der Waals surface area contributed by atoms with Crippen LogP contribution in [0.25, 0.3) is 0 Å². The molecule has 0 aliphatic heterocycles. The number of aliphatic hydroxyl groups excluding tert-OH is 1. The van der Waals surface area contributed by atoms with Crippen LogP contribution in [0.1, 0.15) is 421 Å². The quantitative estimate of drug-likeness (QED) is 0.0222. The number of unbranched alkanes of at least 4 members (excludes halogenated alkanes) is 44. The van der Waals surface area contributed by atoms with E-state index in [0.717, 1.165) is 114 Å². The fourth-order valence-corrected chi connectivity index (χ4v) is 14.2. The minimum Gasteiger partial charge on any atom is -0.462 e. The zero-order valence-corrected chi connectivity index (χ0v) is 68.3. The molecule has 0 aliphatic rings. The number of phosphoric acid groups is 2. The van der Waals surface area contributed by atoms with Crippen LogP contribution >= 0.6 is 15.6 Å². The van der Waals surface area contributed by atoms with E-state index in [2.05, 4.69) is 55.4 Å². The van der Waals surface area contributed by atoms with Crippen molar-refractivity contribution < 1.29 is 80.2 Å². The summed E-state index contributed by atoms with van der Waals surface area (Å²) in [5.41, 5.74) is 0. The van der Waals surface area contributed by atoms with Crippen LogP contribution in [-0.4, -0.2) is 96.7 Å². The molecule has 0 spiro atoms. The Morgan fingerprint density at radius 1 is 0.277 bits per heavy atom. The summed E-state index contributed by atoms with van der Waals surface area (Å²) in [6.07, 6.45) is 58.5. The molecular weight excluding hydrogens is 1320 g/mol. The lowest BCUT2D eigenvalue weighted by Gasteiger charge is -2.21. The minimum absolute atomic E-state index is 0.105. The average molecular weight is 1480 g/mol. The first-order chi connectivity index (χ1) is 48.6. The third kappa shape index (κ3) is 74.7. The number of ether oxygens (including phenoxy) is 4. The van der Waals surface area contributed by atoms with Gasteiger partial charge in [-0.15, -0.1) is 0 Å². The highest BCUT2D eigenvalue weighted by molar-refractivity contribution is 7.47. The van der Waals surface area contributed by atoms with Gasteiger partial charge in [-0.1, -0.05) is 370 Å². The lowest BCUT2D eigenvalue weighted by atomic mass is 9.99. The molecule has 0 aromatic rings. The fraction of sp³-hybridized carbons (Fsp3) is 0.951. The number of esters is 4. The van der Waals surface area contributed by atoms with Crippen LogP contribution in [0.2, 0.25) is 0 Å². The third-order valence-electron chi connectivity index (χ3n) is 19.4. The Morgan fingerprint density at radius 2 is 0.475 bits per heavy atom. The van der Waals surface area contributed by atoms with Crippen molar-refractivity contribution in [1.82, 2.24) is 0 Å². The first-order valence-electron chi connectivity index (χ1n) is 42.2. The topological polar surface area (TPSA) is 237 Å². The third-order valence-corrected chi connectivity index (χ3v) is 21.3. The molecule has 17 nitrogen and oxygen atoms in total. The van der Waals surface area contributed by atoms with Gasteiger partial charge in [-0.05, 0) is 49.4 Å². The number of rotatable bonds is 79. The van der Waals surface area contributed by atoms with Crippen molar-refractivity contribution in [1.29, 1.82) is 0 Å². The molecule has 0 aromatic heterocycles. The van der Waals surface area contributed by atoms with E-state index in [9.17, 15) is 43.2 Å². The predicted molar refractivity (Wildman–Crippen MR) is 414 cm³/mol. The van der Waals surface area contributed by atoms with E-state index < -0.39 is 97.5 Å². The van der Waals surface area contributed by atoms with Crippen molar-refractivity contribution in [3.05, 3.63) is 0 Å². The highest BCUT2D eigenvalue weighted by atomic mass is 31.2. The molecular formula is C82H160O17P2. The summed E-state index contributed by atoms with van der Waals surface area (Å²) in [5.74, 6) is 0.991. The fourth-order valence-electron chi connectivity index (χ4n) is 12.6. The van der Waals surface area contributed by atoms with E-state index in [1.165, 1.54) is 218 Å². The van der Waals surface area contributed by atoms with E-state index in [0.29, 0.717) is 31.6 Å². The van der Waals surface area contributed by atoms with Gasteiger partial charge in [-0.25, -0.2) is 9.13 Å². The van der Waals surface area contributed by atoms with E-state index in [-0.39, 0.29) is 25.7 Å². The molecule has 3 N–H and O–H groups in total. The van der Waals surface area contributed by atoms with Crippen LogP contribution < -0.4 is 0 Å². The Balaban J connectivity index is 5.21.